The van der Waals surface area contributed by atoms with Crippen LogP contribution in [0.5, 0.6) is 5.75 Å². The van der Waals surface area contributed by atoms with Gasteiger partial charge in [0.2, 0.25) is 0 Å². The van der Waals surface area contributed by atoms with E-state index < -0.39 is 0 Å². The molecule has 2 rings (SSSR count). The number of aryl methyl sites for hydroxylation is 1. The number of methoxy groups -OCH3 is 1. The van der Waals surface area contributed by atoms with Crippen molar-refractivity contribution in [3.63, 3.8) is 0 Å². The molecule has 0 bridgehead atoms. The molecule has 0 aliphatic rings. The van der Waals surface area contributed by atoms with Crippen molar-refractivity contribution in [2.24, 2.45) is 0 Å². The smallest absolute Gasteiger partial charge is 0.254 e. The van der Waals surface area contributed by atoms with Gasteiger partial charge in [-0.3, -0.25) is 4.79 Å². The van der Waals surface area contributed by atoms with Gasteiger partial charge in [-0.05, 0) is 44.8 Å². The molecule has 5 heteroatoms. The molecule has 1 unspecified atom stereocenters. The molecular weight excluding hydrogens is 280 g/mol. The van der Waals surface area contributed by atoms with Gasteiger partial charge in [0.15, 0.2) is 0 Å². The summed E-state index contributed by atoms with van der Waals surface area (Å²) in [6.45, 7) is 2.28. The summed E-state index contributed by atoms with van der Waals surface area (Å²) in [6, 6.07) is 9.62. The van der Waals surface area contributed by atoms with Crippen molar-refractivity contribution in [2.45, 2.75) is 13.0 Å². The number of amides is 1. The van der Waals surface area contributed by atoms with E-state index in [1.807, 2.05) is 38.4 Å². The molecule has 0 aliphatic carbocycles. The van der Waals surface area contributed by atoms with Crippen molar-refractivity contribution in [1.29, 1.82) is 0 Å². The Morgan fingerprint density at radius 2 is 2.14 bits per heavy atom. The fourth-order valence-electron chi connectivity index (χ4n) is 2.35. The minimum atomic E-state index is -0.124. The van der Waals surface area contributed by atoms with E-state index in [4.69, 9.17) is 9.15 Å². The van der Waals surface area contributed by atoms with E-state index >= 15 is 0 Å². The van der Waals surface area contributed by atoms with Gasteiger partial charge in [-0.1, -0.05) is 12.1 Å². The van der Waals surface area contributed by atoms with Gasteiger partial charge in [0, 0.05) is 6.54 Å². The fourth-order valence-corrected chi connectivity index (χ4v) is 2.35. The van der Waals surface area contributed by atoms with Gasteiger partial charge >= 0.3 is 0 Å². The number of hydrogen-bond acceptors (Lipinski definition) is 4. The highest BCUT2D eigenvalue weighted by atomic mass is 16.5. The van der Waals surface area contributed by atoms with Crippen LogP contribution in [-0.4, -0.2) is 38.6 Å². The second-order valence-corrected chi connectivity index (χ2v) is 5.36. The summed E-state index contributed by atoms with van der Waals surface area (Å²) in [5.74, 6) is 1.31. The van der Waals surface area contributed by atoms with Crippen molar-refractivity contribution in [1.82, 2.24) is 10.2 Å². The van der Waals surface area contributed by atoms with E-state index in [0.29, 0.717) is 17.9 Å². The highest BCUT2D eigenvalue weighted by molar-refractivity contribution is 5.95. The second-order valence-electron chi connectivity index (χ2n) is 5.36. The van der Waals surface area contributed by atoms with Gasteiger partial charge in [0.25, 0.3) is 5.91 Å². The number of hydrogen-bond donors (Lipinski definition) is 1. The average Bonchev–Trinajstić information content (AvgIpc) is 2.93. The molecule has 1 N–H and O–H groups in total. The van der Waals surface area contributed by atoms with Crippen molar-refractivity contribution < 1.29 is 13.9 Å². The van der Waals surface area contributed by atoms with E-state index in [1.54, 1.807) is 20.1 Å². The number of rotatable bonds is 6. The van der Waals surface area contributed by atoms with Crippen LogP contribution >= 0.6 is 0 Å². The first-order valence-electron chi connectivity index (χ1n) is 7.15. The van der Waals surface area contributed by atoms with E-state index in [2.05, 4.69) is 10.2 Å². The van der Waals surface area contributed by atoms with E-state index in [1.165, 1.54) is 6.26 Å². The maximum Gasteiger partial charge on any atom is 0.254 e. The summed E-state index contributed by atoms with van der Waals surface area (Å²) >= 11 is 0. The van der Waals surface area contributed by atoms with E-state index in [9.17, 15) is 4.79 Å². The largest absolute Gasteiger partial charge is 0.497 e. The Labute approximate surface area is 130 Å². The van der Waals surface area contributed by atoms with Crippen molar-refractivity contribution >= 4 is 5.91 Å². The lowest BCUT2D eigenvalue weighted by atomic mass is 10.1. The number of carbonyl (C=O) groups excluding carboxylic acids is 1. The lowest BCUT2D eigenvalue weighted by molar-refractivity contribution is 0.0940. The van der Waals surface area contributed by atoms with Crippen LogP contribution in [0, 0.1) is 6.92 Å². The Hall–Kier alpha value is -2.27. The third kappa shape index (κ3) is 3.68. The topological polar surface area (TPSA) is 54.7 Å². The third-order valence-corrected chi connectivity index (χ3v) is 3.66. The SMILES string of the molecule is COc1cccc(C(CNC(=O)c2ccoc2C)N(C)C)c1. The number of carbonyl (C=O) groups is 1. The molecule has 0 saturated carbocycles. The lowest BCUT2D eigenvalue weighted by Gasteiger charge is -2.25. The number of furan rings is 1. The zero-order valence-electron chi connectivity index (χ0n) is 13.4. The third-order valence-electron chi connectivity index (χ3n) is 3.66. The molecule has 0 radical (unpaired) electrons. The first kappa shape index (κ1) is 16.1. The normalized spacial score (nSPS) is 12.2. The zero-order chi connectivity index (χ0) is 16.1. The monoisotopic (exact) mass is 302 g/mol. The summed E-state index contributed by atoms with van der Waals surface area (Å²) in [4.78, 5) is 14.3. The summed E-state index contributed by atoms with van der Waals surface area (Å²) in [5.41, 5.74) is 1.66. The molecule has 0 aliphatic heterocycles. The molecule has 118 valence electrons. The Bertz CT molecular complexity index is 634. The molecule has 1 amide bonds. The number of benzene rings is 1. The number of ether oxygens (including phenoxy) is 1. The Kier molecular flexibility index (Phi) is 5.22. The standard InChI is InChI=1S/C17H22N2O3/c1-12-15(8-9-22-12)17(20)18-11-16(19(2)3)13-6-5-7-14(10-13)21-4/h5-10,16H,11H2,1-4H3,(H,18,20). The molecule has 0 fully saturated rings. The Balaban J connectivity index is 2.09. The predicted molar refractivity (Wildman–Crippen MR) is 85.2 cm³/mol. The Morgan fingerprint density at radius 3 is 2.73 bits per heavy atom. The molecule has 0 saturated heterocycles. The van der Waals surface area contributed by atoms with Crippen LogP contribution in [0.4, 0.5) is 0 Å². The minimum absolute atomic E-state index is 0.0613. The molecule has 0 spiro atoms. The number of likely N-dealkylation sites (N-methyl/N-ethyl adjacent to an activating group) is 1. The van der Waals surface area contributed by atoms with Gasteiger partial charge in [0.05, 0.1) is 25.0 Å². The van der Waals surface area contributed by atoms with E-state index in [0.717, 1.165) is 11.3 Å². The van der Waals surface area contributed by atoms with Crippen molar-refractivity contribution in [3.05, 3.63) is 53.5 Å². The maximum atomic E-state index is 12.2. The van der Waals surface area contributed by atoms with Gasteiger partial charge in [-0.25, -0.2) is 0 Å². The molecule has 1 aromatic carbocycles. The quantitative estimate of drug-likeness (QED) is 0.891. The summed E-state index contributed by atoms with van der Waals surface area (Å²) in [7, 11) is 5.62. The van der Waals surface area contributed by atoms with Crippen molar-refractivity contribution in [2.75, 3.05) is 27.7 Å². The predicted octanol–water partition coefficient (Wildman–Crippen LogP) is 2.63. The fraction of sp³-hybridized carbons (Fsp3) is 0.353. The maximum absolute atomic E-state index is 12.2. The van der Waals surface area contributed by atoms with Crippen molar-refractivity contribution in [3.8, 4) is 5.75 Å². The van der Waals surface area contributed by atoms with Gasteiger partial charge < -0.3 is 19.4 Å². The minimum Gasteiger partial charge on any atom is -0.497 e. The van der Waals surface area contributed by atoms with Crippen LogP contribution in [0.25, 0.3) is 0 Å². The molecule has 5 nitrogen and oxygen atoms in total. The highest BCUT2D eigenvalue weighted by Crippen LogP contribution is 2.22. The summed E-state index contributed by atoms with van der Waals surface area (Å²) < 4.78 is 10.4. The van der Waals surface area contributed by atoms with Crippen LogP contribution in [-0.2, 0) is 0 Å². The van der Waals surface area contributed by atoms with Gasteiger partial charge in [0.1, 0.15) is 11.5 Å². The average molecular weight is 302 g/mol. The first-order valence-corrected chi connectivity index (χ1v) is 7.15. The van der Waals surface area contributed by atoms with Crippen LogP contribution in [0.3, 0.4) is 0 Å². The van der Waals surface area contributed by atoms with Crippen LogP contribution in [0.2, 0.25) is 0 Å². The van der Waals surface area contributed by atoms with Crippen LogP contribution < -0.4 is 10.1 Å². The second kappa shape index (κ2) is 7.13. The summed E-state index contributed by atoms with van der Waals surface area (Å²) in [6.07, 6.45) is 1.52. The summed E-state index contributed by atoms with van der Waals surface area (Å²) in [5, 5.41) is 2.96. The molecule has 2 aromatic rings. The molecular formula is C17H22N2O3. The van der Waals surface area contributed by atoms with Crippen LogP contribution in [0.1, 0.15) is 27.7 Å². The zero-order valence-corrected chi connectivity index (χ0v) is 13.4. The molecule has 1 heterocycles. The molecule has 1 atom stereocenters. The number of nitrogens with one attached hydrogen (secondary N) is 1. The lowest BCUT2D eigenvalue weighted by Crippen LogP contribution is -2.34. The highest BCUT2D eigenvalue weighted by Gasteiger charge is 2.18. The first-order chi connectivity index (χ1) is 10.5. The molecule has 22 heavy (non-hydrogen) atoms. The van der Waals surface area contributed by atoms with Gasteiger partial charge in [-0.2, -0.15) is 0 Å². The van der Waals surface area contributed by atoms with E-state index in [-0.39, 0.29) is 11.9 Å². The molecule has 1 aromatic heterocycles. The van der Waals surface area contributed by atoms with Crippen LogP contribution in [0.15, 0.2) is 41.0 Å². The Morgan fingerprint density at radius 1 is 1.36 bits per heavy atom. The number of nitrogens with zero attached hydrogens (tertiary/aromatic N) is 1. The van der Waals surface area contributed by atoms with Gasteiger partial charge in [-0.15, -0.1) is 0 Å².